The summed E-state index contributed by atoms with van der Waals surface area (Å²) in [6.45, 7) is 2.10. The van der Waals surface area contributed by atoms with E-state index in [9.17, 15) is 9.59 Å². The minimum atomic E-state index is -0.394. The van der Waals surface area contributed by atoms with Crippen molar-refractivity contribution in [1.82, 2.24) is 20.8 Å². The Hall–Kier alpha value is -3.09. The van der Waals surface area contributed by atoms with Crippen LogP contribution in [0.1, 0.15) is 21.8 Å². The molecule has 7 nitrogen and oxygen atoms in total. The highest BCUT2D eigenvalue weighted by molar-refractivity contribution is 6.05. The van der Waals surface area contributed by atoms with Gasteiger partial charge in [0.05, 0.1) is 24.9 Å². The fraction of sp³-hybridized carbons (Fsp3) is 0.188. The Labute approximate surface area is 132 Å². The first-order valence-corrected chi connectivity index (χ1v) is 7.15. The molecule has 0 spiro atoms. The molecule has 7 heteroatoms. The first-order valence-electron chi connectivity index (χ1n) is 7.15. The molecule has 0 aliphatic rings. The van der Waals surface area contributed by atoms with Crippen LogP contribution in [0.5, 0.6) is 0 Å². The highest BCUT2D eigenvalue weighted by Gasteiger charge is 2.15. The summed E-state index contributed by atoms with van der Waals surface area (Å²) in [5.41, 5.74) is 2.09. The van der Waals surface area contributed by atoms with E-state index in [1.807, 2.05) is 25.1 Å². The maximum absolute atomic E-state index is 12.2. The summed E-state index contributed by atoms with van der Waals surface area (Å²) in [4.78, 5) is 23.9. The molecule has 0 unspecified atom stereocenters. The number of carbonyl (C=O) groups is 2. The Balaban J connectivity index is 1.58. The van der Waals surface area contributed by atoms with Crippen LogP contribution in [0.25, 0.3) is 10.9 Å². The van der Waals surface area contributed by atoms with Gasteiger partial charge in [-0.05, 0) is 31.2 Å². The number of benzene rings is 1. The lowest BCUT2D eigenvalue weighted by molar-refractivity contribution is -0.120. The number of hydrogen-bond acceptors (Lipinski definition) is 4. The number of nitrogens with zero attached hydrogens (tertiary/aromatic N) is 1. The van der Waals surface area contributed by atoms with Crippen molar-refractivity contribution in [3.8, 4) is 0 Å². The minimum absolute atomic E-state index is 0.125. The van der Waals surface area contributed by atoms with Crippen LogP contribution in [0.2, 0.25) is 0 Å². The van der Waals surface area contributed by atoms with Crippen molar-refractivity contribution < 1.29 is 14.0 Å². The number of rotatable bonds is 5. The third-order valence-electron chi connectivity index (χ3n) is 3.38. The van der Waals surface area contributed by atoms with Crippen LogP contribution < -0.4 is 10.6 Å². The second-order valence-electron chi connectivity index (χ2n) is 5.16. The zero-order chi connectivity index (χ0) is 16.2. The molecule has 0 bridgehead atoms. The zero-order valence-electron chi connectivity index (χ0n) is 12.6. The summed E-state index contributed by atoms with van der Waals surface area (Å²) in [5, 5.41) is 12.8. The van der Waals surface area contributed by atoms with Gasteiger partial charge in [0.1, 0.15) is 5.76 Å². The van der Waals surface area contributed by atoms with E-state index in [0.29, 0.717) is 5.76 Å². The van der Waals surface area contributed by atoms with Gasteiger partial charge in [-0.1, -0.05) is 11.6 Å². The van der Waals surface area contributed by atoms with Crippen LogP contribution in [0.4, 0.5) is 0 Å². The average molecular weight is 312 g/mol. The van der Waals surface area contributed by atoms with E-state index in [2.05, 4.69) is 20.8 Å². The number of H-pyrrole nitrogens is 1. The van der Waals surface area contributed by atoms with Crippen molar-refractivity contribution in [1.29, 1.82) is 0 Å². The Bertz CT molecular complexity index is 836. The number of amides is 2. The predicted octanol–water partition coefficient (Wildman–Crippen LogP) is 1.51. The molecule has 0 saturated carbocycles. The van der Waals surface area contributed by atoms with Crippen molar-refractivity contribution in [2.45, 2.75) is 13.5 Å². The number of aromatic nitrogens is 2. The number of carbonyl (C=O) groups excluding carboxylic acids is 2. The molecule has 3 N–H and O–H groups in total. The van der Waals surface area contributed by atoms with Crippen LogP contribution in [0, 0.1) is 6.92 Å². The van der Waals surface area contributed by atoms with Gasteiger partial charge in [-0.3, -0.25) is 14.7 Å². The molecule has 3 aromatic rings. The molecule has 0 atom stereocenters. The topological polar surface area (TPSA) is 100 Å². The molecule has 0 aliphatic heterocycles. The van der Waals surface area contributed by atoms with Gasteiger partial charge in [0.2, 0.25) is 5.91 Å². The first-order chi connectivity index (χ1) is 11.1. The number of nitrogens with one attached hydrogen (secondary N) is 3. The lowest BCUT2D eigenvalue weighted by Crippen LogP contribution is -2.36. The van der Waals surface area contributed by atoms with E-state index in [0.717, 1.165) is 16.5 Å². The number of hydrogen-bond donors (Lipinski definition) is 3. The van der Waals surface area contributed by atoms with Crippen molar-refractivity contribution in [2.24, 2.45) is 0 Å². The predicted molar refractivity (Wildman–Crippen MR) is 83.7 cm³/mol. The van der Waals surface area contributed by atoms with Crippen LogP contribution in [0.15, 0.2) is 41.0 Å². The molecule has 0 saturated heterocycles. The largest absolute Gasteiger partial charge is 0.467 e. The molecule has 0 aliphatic carbocycles. The average Bonchev–Trinajstić information content (AvgIpc) is 3.19. The normalized spacial score (nSPS) is 10.7. The van der Waals surface area contributed by atoms with Gasteiger partial charge in [0, 0.05) is 5.39 Å². The Morgan fingerprint density at radius 3 is 2.91 bits per heavy atom. The maximum atomic E-state index is 12.2. The monoisotopic (exact) mass is 312 g/mol. The molecule has 2 heterocycles. The van der Waals surface area contributed by atoms with Crippen LogP contribution >= 0.6 is 0 Å². The Morgan fingerprint density at radius 1 is 1.26 bits per heavy atom. The number of aromatic amines is 1. The van der Waals surface area contributed by atoms with Crippen molar-refractivity contribution in [3.05, 3.63) is 53.6 Å². The summed E-state index contributed by atoms with van der Waals surface area (Å²) < 4.78 is 5.11. The SMILES string of the molecule is Cc1ccc2[nH]nc(C(=O)NCC(=O)NCc3ccco3)c2c1. The summed E-state index contributed by atoms with van der Waals surface area (Å²) >= 11 is 0. The molecule has 2 amide bonds. The number of aryl methyl sites for hydroxylation is 1. The third kappa shape index (κ3) is 3.39. The molecule has 1 aromatic carbocycles. The second kappa shape index (κ2) is 6.35. The van der Waals surface area contributed by atoms with E-state index >= 15 is 0 Å². The third-order valence-corrected chi connectivity index (χ3v) is 3.38. The molecule has 0 fully saturated rings. The number of fused-ring (bicyclic) bond motifs is 1. The fourth-order valence-corrected chi connectivity index (χ4v) is 2.21. The van der Waals surface area contributed by atoms with Crippen molar-refractivity contribution >= 4 is 22.7 Å². The second-order valence-corrected chi connectivity index (χ2v) is 5.16. The zero-order valence-corrected chi connectivity index (χ0v) is 12.6. The molecule has 2 aromatic heterocycles. The van der Waals surface area contributed by atoms with Crippen LogP contribution in [-0.4, -0.2) is 28.6 Å². The molecule has 0 radical (unpaired) electrons. The standard InChI is InChI=1S/C16H16N4O3/c1-10-4-5-13-12(7-10)15(20-19-13)16(22)18-9-14(21)17-8-11-3-2-6-23-11/h2-7H,8-9H2,1H3,(H,17,21)(H,18,22)(H,19,20). The summed E-state index contributed by atoms with van der Waals surface area (Å²) in [6, 6.07) is 9.19. The van der Waals surface area contributed by atoms with Gasteiger partial charge < -0.3 is 15.1 Å². The molecule has 23 heavy (non-hydrogen) atoms. The molecular formula is C16H16N4O3. The Morgan fingerprint density at radius 2 is 2.13 bits per heavy atom. The molecule has 118 valence electrons. The number of furan rings is 1. The van der Waals surface area contributed by atoms with Gasteiger partial charge >= 0.3 is 0 Å². The summed E-state index contributed by atoms with van der Waals surface area (Å²) in [6.07, 6.45) is 1.54. The highest BCUT2D eigenvalue weighted by Crippen LogP contribution is 2.17. The first kappa shape index (κ1) is 14.8. The minimum Gasteiger partial charge on any atom is -0.467 e. The van der Waals surface area contributed by atoms with E-state index in [4.69, 9.17) is 4.42 Å². The summed E-state index contributed by atoms with van der Waals surface area (Å²) in [5.74, 6) is -0.0424. The van der Waals surface area contributed by atoms with Gasteiger partial charge in [0.25, 0.3) is 5.91 Å². The smallest absolute Gasteiger partial charge is 0.272 e. The molecular weight excluding hydrogens is 296 g/mol. The maximum Gasteiger partial charge on any atom is 0.272 e. The van der Waals surface area contributed by atoms with E-state index in [1.54, 1.807) is 12.1 Å². The van der Waals surface area contributed by atoms with Crippen molar-refractivity contribution in [3.63, 3.8) is 0 Å². The lowest BCUT2D eigenvalue weighted by Gasteiger charge is -2.05. The van der Waals surface area contributed by atoms with Gasteiger partial charge in [-0.2, -0.15) is 5.10 Å². The van der Waals surface area contributed by atoms with Gasteiger partial charge in [-0.15, -0.1) is 0 Å². The van der Waals surface area contributed by atoms with Gasteiger partial charge in [-0.25, -0.2) is 0 Å². The van der Waals surface area contributed by atoms with E-state index in [1.165, 1.54) is 6.26 Å². The summed E-state index contributed by atoms with van der Waals surface area (Å²) in [7, 11) is 0. The molecule has 3 rings (SSSR count). The quantitative estimate of drug-likeness (QED) is 0.665. The van der Waals surface area contributed by atoms with E-state index in [-0.39, 0.29) is 24.7 Å². The van der Waals surface area contributed by atoms with Crippen LogP contribution in [0.3, 0.4) is 0 Å². The fourth-order valence-electron chi connectivity index (χ4n) is 2.21. The van der Waals surface area contributed by atoms with Gasteiger partial charge in [0.15, 0.2) is 5.69 Å². The Kier molecular flexibility index (Phi) is 4.09. The lowest BCUT2D eigenvalue weighted by atomic mass is 10.1. The van der Waals surface area contributed by atoms with Crippen molar-refractivity contribution in [2.75, 3.05) is 6.54 Å². The van der Waals surface area contributed by atoms with Crippen LogP contribution in [-0.2, 0) is 11.3 Å². The van der Waals surface area contributed by atoms with E-state index < -0.39 is 5.91 Å². The highest BCUT2D eigenvalue weighted by atomic mass is 16.3.